The standard InChI is InChI=1S/C14H24N2O2/c1-3-13-12(9-10-17)14(18-2)16(15-13)11-7-5-4-6-8-11/h11,17H,3-10H2,1-2H3. The van der Waals surface area contributed by atoms with Crippen LogP contribution in [0.25, 0.3) is 0 Å². The molecule has 1 aromatic rings. The van der Waals surface area contributed by atoms with Gasteiger partial charge in [0.25, 0.3) is 0 Å². The molecule has 0 aromatic carbocycles. The number of aliphatic hydroxyl groups excluding tert-OH is 1. The molecule has 102 valence electrons. The van der Waals surface area contributed by atoms with Crippen LogP contribution in [0.1, 0.15) is 56.3 Å². The second-order valence-electron chi connectivity index (χ2n) is 5.00. The van der Waals surface area contributed by atoms with E-state index in [0.29, 0.717) is 12.5 Å². The summed E-state index contributed by atoms with van der Waals surface area (Å²) in [4.78, 5) is 0. The molecule has 0 saturated heterocycles. The fourth-order valence-electron chi connectivity index (χ4n) is 2.93. The van der Waals surface area contributed by atoms with Gasteiger partial charge in [0.1, 0.15) is 0 Å². The third-order valence-electron chi connectivity index (χ3n) is 3.85. The molecule has 4 heteroatoms. The van der Waals surface area contributed by atoms with Crippen LogP contribution in [0.5, 0.6) is 5.88 Å². The van der Waals surface area contributed by atoms with Crippen molar-refractivity contribution in [3.8, 4) is 5.88 Å². The fraction of sp³-hybridized carbons (Fsp3) is 0.786. The van der Waals surface area contributed by atoms with Crippen LogP contribution in [0.4, 0.5) is 0 Å². The molecule has 0 aliphatic heterocycles. The van der Waals surface area contributed by atoms with Crippen molar-refractivity contribution >= 4 is 0 Å². The van der Waals surface area contributed by atoms with Gasteiger partial charge in [-0.25, -0.2) is 4.68 Å². The van der Waals surface area contributed by atoms with E-state index in [0.717, 1.165) is 23.6 Å². The van der Waals surface area contributed by atoms with Crippen molar-refractivity contribution < 1.29 is 9.84 Å². The highest BCUT2D eigenvalue weighted by Gasteiger charge is 2.24. The summed E-state index contributed by atoms with van der Waals surface area (Å²) in [5, 5.41) is 13.9. The number of methoxy groups -OCH3 is 1. The maximum Gasteiger partial charge on any atom is 0.215 e. The first-order valence-corrected chi connectivity index (χ1v) is 7.06. The van der Waals surface area contributed by atoms with Crippen molar-refractivity contribution in [3.63, 3.8) is 0 Å². The van der Waals surface area contributed by atoms with Gasteiger partial charge >= 0.3 is 0 Å². The number of aromatic nitrogens is 2. The highest BCUT2D eigenvalue weighted by molar-refractivity contribution is 5.32. The number of hydrogen-bond acceptors (Lipinski definition) is 3. The minimum Gasteiger partial charge on any atom is -0.481 e. The Bertz CT molecular complexity index is 381. The first-order chi connectivity index (χ1) is 8.81. The lowest BCUT2D eigenvalue weighted by molar-refractivity contribution is 0.273. The zero-order chi connectivity index (χ0) is 13.0. The van der Waals surface area contributed by atoms with Crippen LogP contribution in [0, 0.1) is 0 Å². The predicted molar refractivity (Wildman–Crippen MR) is 71.1 cm³/mol. The molecule has 1 aliphatic carbocycles. The Balaban J connectivity index is 2.33. The molecule has 1 fully saturated rings. The lowest BCUT2D eigenvalue weighted by Gasteiger charge is -2.23. The summed E-state index contributed by atoms with van der Waals surface area (Å²) in [5.41, 5.74) is 2.17. The highest BCUT2D eigenvalue weighted by atomic mass is 16.5. The van der Waals surface area contributed by atoms with Crippen LogP contribution in [0.15, 0.2) is 0 Å². The quantitative estimate of drug-likeness (QED) is 0.876. The fourth-order valence-corrected chi connectivity index (χ4v) is 2.93. The van der Waals surface area contributed by atoms with Crippen LogP contribution in [-0.4, -0.2) is 28.6 Å². The topological polar surface area (TPSA) is 47.3 Å². The van der Waals surface area contributed by atoms with E-state index in [1.165, 1.54) is 32.1 Å². The third kappa shape index (κ3) is 2.53. The Hall–Kier alpha value is -1.03. The molecular formula is C14H24N2O2. The van der Waals surface area contributed by atoms with Gasteiger partial charge in [-0.2, -0.15) is 5.10 Å². The summed E-state index contributed by atoms with van der Waals surface area (Å²) < 4.78 is 7.63. The summed E-state index contributed by atoms with van der Waals surface area (Å²) in [6.45, 7) is 2.26. The maximum atomic E-state index is 9.19. The minimum atomic E-state index is 0.153. The van der Waals surface area contributed by atoms with Crippen molar-refractivity contribution in [1.82, 2.24) is 9.78 Å². The first-order valence-electron chi connectivity index (χ1n) is 7.06. The zero-order valence-corrected chi connectivity index (χ0v) is 11.5. The van der Waals surface area contributed by atoms with E-state index in [1.807, 2.05) is 0 Å². The van der Waals surface area contributed by atoms with Crippen LogP contribution in [0.2, 0.25) is 0 Å². The average Bonchev–Trinajstić information content (AvgIpc) is 2.78. The van der Waals surface area contributed by atoms with Gasteiger partial charge in [0, 0.05) is 18.6 Å². The van der Waals surface area contributed by atoms with Crippen LogP contribution in [-0.2, 0) is 12.8 Å². The van der Waals surface area contributed by atoms with E-state index >= 15 is 0 Å². The molecule has 0 radical (unpaired) electrons. The number of nitrogens with zero attached hydrogens (tertiary/aromatic N) is 2. The number of hydrogen-bond donors (Lipinski definition) is 1. The second kappa shape index (κ2) is 6.23. The molecular weight excluding hydrogens is 228 g/mol. The molecule has 1 aliphatic rings. The van der Waals surface area contributed by atoms with E-state index in [-0.39, 0.29) is 6.61 Å². The van der Waals surface area contributed by atoms with Crippen molar-refractivity contribution in [2.45, 2.75) is 57.9 Å². The van der Waals surface area contributed by atoms with Gasteiger partial charge in [0.2, 0.25) is 5.88 Å². The van der Waals surface area contributed by atoms with Gasteiger partial charge in [-0.15, -0.1) is 0 Å². The van der Waals surface area contributed by atoms with E-state index < -0.39 is 0 Å². The number of rotatable bonds is 5. The molecule has 0 unspecified atom stereocenters. The van der Waals surface area contributed by atoms with Gasteiger partial charge in [-0.05, 0) is 19.3 Å². The van der Waals surface area contributed by atoms with Crippen LogP contribution in [0.3, 0.4) is 0 Å². The highest BCUT2D eigenvalue weighted by Crippen LogP contribution is 2.34. The molecule has 18 heavy (non-hydrogen) atoms. The third-order valence-corrected chi connectivity index (χ3v) is 3.85. The van der Waals surface area contributed by atoms with E-state index in [2.05, 4.69) is 11.6 Å². The molecule has 0 atom stereocenters. The lowest BCUT2D eigenvalue weighted by Crippen LogP contribution is -2.15. The van der Waals surface area contributed by atoms with E-state index in [4.69, 9.17) is 9.84 Å². The Morgan fingerprint density at radius 1 is 1.33 bits per heavy atom. The zero-order valence-electron chi connectivity index (χ0n) is 11.5. The molecule has 1 N–H and O–H groups in total. The van der Waals surface area contributed by atoms with Crippen molar-refractivity contribution in [3.05, 3.63) is 11.3 Å². The lowest BCUT2D eigenvalue weighted by atomic mass is 9.96. The summed E-state index contributed by atoms with van der Waals surface area (Å²) in [7, 11) is 1.71. The predicted octanol–water partition coefficient (Wildman–Crippen LogP) is 2.49. The normalized spacial score (nSPS) is 17.1. The summed E-state index contributed by atoms with van der Waals surface area (Å²) in [6, 6.07) is 0.478. The van der Waals surface area contributed by atoms with Crippen molar-refractivity contribution in [1.29, 1.82) is 0 Å². The van der Waals surface area contributed by atoms with Crippen molar-refractivity contribution in [2.24, 2.45) is 0 Å². The number of ether oxygens (including phenoxy) is 1. The Kier molecular flexibility index (Phi) is 4.64. The molecule has 0 spiro atoms. The molecule has 1 heterocycles. The maximum absolute atomic E-state index is 9.19. The van der Waals surface area contributed by atoms with Crippen molar-refractivity contribution in [2.75, 3.05) is 13.7 Å². The Morgan fingerprint density at radius 3 is 2.61 bits per heavy atom. The summed E-state index contributed by atoms with van der Waals surface area (Å²) in [5.74, 6) is 0.868. The molecule has 4 nitrogen and oxygen atoms in total. The monoisotopic (exact) mass is 252 g/mol. The van der Waals surface area contributed by atoms with Crippen LogP contribution >= 0.6 is 0 Å². The second-order valence-corrected chi connectivity index (χ2v) is 5.00. The van der Waals surface area contributed by atoms with E-state index in [1.54, 1.807) is 7.11 Å². The van der Waals surface area contributed by atoms with Gasteiger partial charge < -0.3 is 9.84 Å². The summed E-state index contributed by atoms with van der Waals surface area (Å²) >= 11 is 0. The van der Waals surface area contributed by atoms with Gasteiger partial charge in [-0.1, -0.05) is 26.2 Å². The Labute approximate surface area is 109 Å². The number of aryl methyl sites for hydroxylation is 1. The van der Waals surface area contributed by atoms with Gasteiger partial charge in [-0.3, -0.25) is 0 Å². The smallest absolute Gasteiger partial charge is 0.215 e. The molecule has 1 saturated carbocycles. The SMILES string of the molecule is CCc1nn(C2CCCCC2)c(OC)c1CCO. The molecule has 1 aromatic heterocycles. The van der Waals surface area contributed by atoms with Gasteiger partial charge in [0.15, 0.2) is 0 Å². The minimum absolute atomic E-state index is 0.153. The van der Waals surface area contributed by atoms with Crippen LogP contribution < -0.4 is 4.74 Å². The summed E-state index contributed by atoms with van der Waals surface area (Å²) in [6.07, 6.45) is 7.82. The van der Waals surface area contributed by atoms with Gasteiger partial charge in [0.05, 0.1) is 18.8 Å². The Morgan fingerprint density at radius 2 is 2.06 bits per heavy atom. The average molecular weight is 252 g/mol. The van der Waals surface area contributed by atoms with E-state index in [9.17, 15) is 5.11 Å². The molecule has 2 rings (SSSR count). The molecule has 0 bridgehead atoms. The first kappa shape index (κ1) is 13.4. The molecule has 0 amide bonds. The largest absolute Gasteiger partial charge is 0.481 e. The number of aliphatic hydroxyl groups is 1.